The number of benzene rings is 3. The topological polar surface area (TPSA) is 63.8 Å². The standard InChI is InChI=1S/C32H32N2O4/c1-20-8-10-22(11-9-20)23-12-13-27-25(18-23)30(29-21(2)33-26-7-5-4-6-24(26)29)31(32(35)36-3)28(38-27)19-34-14-16-37-17-15-34/h4-13,18,30,33H,14-17,19H2,1-3H3. The van der Waals surface area contributed by atoms with Crippen LogP contribution in [0.2, 0.25) is 0 Å². The normalized spacial score (nSPS) is 17.8. The first-order chi connectivity index (χ1) is 18.5. The number of para-hydroxylation sites is 1. The number of ether oxygens (including phenoxy) is 3. The zero-order valence-electron chi connectivity index (χ0n) is 22.0. The van der Waals surface area contributed by atoms with Crippen LogP contribution in [0.5, 0.6) is 5.75 Å². The Morgan fingerprint density at radius 1 is 1.00 bits per heavy atom. The van der Waals surface area contributed by atoms with Gasteiger partial charge < -0.3 is 19.2 Å². The van der Waals surface area contributed by atoms with Crippen LogP contribution in [-0.2, 0) is 14.3 Å². The highest BCUT2D eigenvalue weighted by atomic mass is 16.5. The van der Waals surface area contributed by atoms with Crippen molar-refractivity contribution in [2.24, 2.45) is 0 Å². The fraction of sp³-hybridized carbons (Fsp3) is 0.281. The Morgan fingerprint density at radius 3 is 2.50 bits per heavy atom. The van der Waals surface area contributed by atoms with Crippen molar-refractivity contribution in [3.05, 3.63) is 100 Å². The minimum Gasteiger partial charge on any atom is -0.466 e. The second-order valence-electron chi connectivity index (χ2n) is 10.1. The number of methoxy groups -OCH3 is 1. The number of hydrogen-bond acceptors (Lipinski definition) is 5. The third-order valence-electron chi connectivity index (χ3n) is 7.64. The van der Waals surface area contributed by atoms with Gasteiger partial charge in [-0.15, -0.1) is 0 Å². The molecule has 1 N–H and O–H groups in total. The molecular weight excluding hydrogens is 476 g/mol. The molecule has 0 spiro atoms. The molecule has 3 aromatic carbocycles. The maximum absolute atomic E-state index is 13.6. The molecule has 2 aliphatic heterocycles. The number of aryl methyl sites for hydroxylation is 2. The van der Waals surface area contributed by atoms with Gasteiger partial charge in [-0.05, 0) is 48.7 Å². The Morgan fingerprint density at radius 2 is 1.74 bits per heavy atom. The molecule has 6 nitrogen and oxygen atoms in total. The van der Waals surface area contributed by atoms with E-state index in [0.29, 0.717) is 31.1 Å². The van der Waals surface area contributed by atoms with E-state index in [1.165, 1.54) is 12.7 Å². The zero-order chi connectivity index (χ0) is 26.2. The van der Waals surface area contributed by atoms with E-state index in [1.807, 2.05) is 18.2 Å². The average molecular weight is 509 g/mol. The number of rotatable bonds is 5. The van der Waals surface area contributed by atoms with Crippen LogP contribution in [0.3, 0.4) is 0 Å². The molecule has 0 amide bonds. The molecule has 38 heavy (non-hydrogen) atoms. The minimum atomic E-state index is -0.366. The third kappa shape index (κ3) is 4.40. The maximum Gasteiger partial charge on any atom is 0.338 e. The largest absolute Gasteiger partial charge is 0.466 e. The molecule has 0 saturated carbocycles. The lowest BCUT2D eigenvalue weighted by molar-refractivity contribution is -0.136. The summed E-state index contributed by atoms with van der Waals surface area (Å²) >= 11 is 0. The van der Waals surface area contributed by atoms with Crippen molar-refractivity contribution < 1.29 is 19.0 Å². The number of nitrogens with one attached hydrogen (secondary N) is 1. The van der Waals surface area contributed by atoms with Crippen LogP contribution in [0.4, 0.5) is 0 Å². The van der Waals surface area contributed by atoms with Crippen LogP contribution in [0.15, 0.2) is 78.1 Å². The molecule has 0 aliphatic carbocycles. The summed E-state index contributed by atoms with van der Waals surface area (Å²) in [5.74, 6) is 0.702. The molecule has 0 radical (unpaired) electrons. The number of nitrogens with zero attached hydrogens (tertiary/aromatic N) is 1. The lowest BCUT2D eigenvalue weighted by Gasteiger charge is -2.34. The van der Waals surface area contributed by atoms with Crippen molar-refractivity contribution in [1.29, 1.82) is 0 Å². The number of H-pyrrole nitrogens is 1. The van der Waals surface area contributed by atoms with E-state index in [9.17, 15) is 4.79 Å². The molecule has 2 aliphatic rings. The summed E-state index contributed by atoms with van der Waals surface area (Å²) in [6.07, 6.45) is 0. The van der Waals surface area contributed by atoms with Gasteiger partial charge in [-0.3, -0.25) is 4.90 Å². The van der Waals surface area contributed by atoms with E-state index in [0.717, 1.165) is 57.7 Å². The summed E-state index contributed by atoms with van der Waals surface area (Å²) in [6, 6.07) is 23.1. The third-order valence-corrected chi connectivity index (χ3v) is 7.64. The van der Waals surface area contributed by atoms with Gasteiger partial charge in [0.1, 0.15) is 11.5 Å². The van der Waals surface area contributed by atoms with Crippen molar-refractivity contribution in [3.63, 3.8) is 0 Å². The molecule has 1 aromatic heterocycles. The Balaban J connectivity index is 1.57. The number of hydrogen-bond donors (Lipinski definition) is 1. The van der Waals surface area contributed by atoms with Gasteiger partial charge in [0.15, 0.2) is 0 Å². The van der Waals surface area contributed by atoms with E-state index in [2.05, 4.69) is 72.3 Å². The van der Waals surface area contributed by atoms with Gasteiger partial charge in [0.05, 0.1) is 38.4 Å². The van der Waals surface area contributed by atoms with Crippen LogP contribution in [0, 0.1) is 13.8 Å². The quantitative estimate of drug-likeness (QED) is 0.349. The van der Waals surface area contributed by atoms with Gasteiger partial charge in [-0.25, -0.2) is 4.79 Å². The number of aromatic nitrogens is 1. The Labute approximate surface area is 222 Å². The summed E-state index contributed by atoms with van der Waals surface area (Å²) in [6.45, 7) is 7.60. The van der Waals surface area contributed by atoms with E-state index in [4.69, 9.17) is 14.2 Å². The van der Waals surface area contributed by atoms with Crippen LogP contribution in [-0.4, -0.2) is 55.8 Å². The van der Waals surface area contributed by atoms with E-state index in [1.54, 1.807) is 0 Å². The highest BCUT2D eigenvalue weighted by molar-refractivity contribution is 5.96. The number of aromatic amines is 1. The maximum atomic E-state index is 13.6. The molecule has 6 heteroatoms. The van der Waals surface area contributed by atoms with Crippen molar-refractivity contribution in [2.45, 2.75) is 19.8 Å². The summed E-state index contributed by atoms with van der Waals surface area (Å²) in [4.78, 5) is 19.4. The van der Waals surface area contributed by atoms with Crippen molar-refractivity contribution in [3.8, 4) is 16.9 Å². The average Bonchev–Trinajstić information content (AvgIpc) is 3.28. The SMILES string of the molecule is COC(=O)C1=C(CN2CCOCC2)Oc2ccc(-c3ccc(C)cc3)cc2C1c1c(C)[nH]c2ccccc12. The predicted octanol–water partition coefficient (Wildman–Crippen LogP) is 5.74. The van der Waals surface area contributed by atoms with Crippen molar-refractivity contribution in [1.82, 2.24) is 9.88 Å². The molecular formula is C32H32N2O4. The second-order valence-corrected chi connectivity index (χ2v) is 10.1. The van der Waals surface area contributed by atoms with Gasteiger partial charge >= 0.3 is 5.97 Å². The van der Waals surface area contributed by atoms with E-state index >= 15 is 0 Å². The Kier molecular flexibility index (Phi) is 6.52. The van der Waals surface area contributed by atoms with Crippen LogP contribution in [0.1, 0.15) is 28.3 Å². The molecule has 1 saturated heterocycles. The minimum absolute atomic E-state index is 0.344. The first kappa shape index (κ1) is 24.5. The smallest absolute Gasteiger partial charge is 0.338 e. The zero-order valence-corrected chi connectivity index (χ0v) is 22.0. The van der Waals surface area contributed by atoms with Crippen molar-refractivity contribution >= 4 is 16.9 Å². The Hall–Kier alpha value is -3.87. The van der Waals surface area contributed by atoms with Gasteiger partial charge in [-0.2, -0.15) is 0 Å². The number of morpholine rings is 1. The Bertz CT molecular complexity index is 1530. The lowest BCUT2D eigenvalue weighted by Crippen LogP contribution is -2.39. The molecule has 194 valence electrons. The molecule has 1 unspecified atom stereocenters. The molecule has 0 bridgehead atoms. The van der Waals surface area contributed by atoms with E-state index in [-0.39, 0.29) is 11.9 Å². The van der Waals surface area contributed by atoms with Crippen molar-refractivity contribution in [2.75, 3.05) is 40.0 Å². The summed E-state index contributed by atoms with van der Waals surface area (Å²) in [5.41, 5.74) is 8.07. The lowest BCUT2D eigenvalue weighted by atomic mass is 9.79. The second kappa shape index (κ2) is 10.1. The molecule has 1 atom stereocenters. The van der Waals surface area contributed by atoms with Crippen LogP contribution in [0.25, 0.3) is 22.0 Å². The monoisotopic (exact) mass is 508 g/mol. The number of fused-ring (bicyclic) bond motifs is 2. The number of carbonyl (C=O) groups excluding carboxylic acids is 1. The molecule has 3 heterocycles. The van der Waals surface area contributed by atoms with Gasteiger partial charge in [-0.1, -0.05) is 54.1 Å². The highest BCUT2D eigenvalue weighted by Gasteiger charge is 2.38. The van der Waals surface area contributed by atoms with Crippen LogP contribution < -0.4 is 4.74 Å². The number of carbonyl (C=O) groups is 1. The van der Waals surface area contributed by atoms with Gasteiger partial charge in [0.25, 0.3) is 0 Å². The fourth-order valence-corrected chi connectivity index (χ4v) is 5.69. The predicted molar refractivity (Wildman–Crippen MR) is 148 cm³/mol. The first-order valence-corrected chi connectivity index (χ1v) is 13.1. The first-order valence-electron chi connectivity index (χ1n) is 13.1. The van der Waals surface area contributed by atoms with Crippen LogP contribution >= 0.6 is 0 Å². The summed E-state index contributed by atoms with van der Waals surface area (Å²) in [7, 11) is 1.44. The molecule has 6 rings (SSSR count). The highest BCUT2D eigenvalue weighted by Crippen LogP contribution is 2.48. The fourth-order valence-electron chi connectivity index (χ4n) is 5.69. The van der Waals surface area contributed by atoms with Gasteiger partial charge in [0.2, 0.25) is 0 Å². The molecule has 1 fully saturated rings. The number of esters is 1. The van der Waals surface area contributed by atoms with Gasteiger partial charge in [0, 0.05) is 35.2 Å². The summed E-state index contributed by atoms with van der Waals surface area (Å²) < 4.78 is 17.5. The molecule has 4 aromatic rings. The van der Waals surface area contributed by atoms with E-state index < -0.39 is 0 Å². The summed E-state index contributed by atoms with van der Waals surface area (Å²) in [5, 5.41) is 1.09.